The van der Waals surface area contributed by atoms with Gasteiger partial charge in [-0.3, -0.25) is 9.59 Å². The molecule has 0 unspecified atom stereocenters. The average molecular weight is 203 g/mol. The third-order valence-corrected chi connectivity index (χ3v) is 1.87. The van der Waals surface area contributed by atoms with Crippen LogP contribution in [-0.2, 0) is 9.59 Å². The second-order valence-electron chi connectivity index (χ2n) is 3.13. The second-order valence-corrected chi connectivity index (χ2v) is 3.13. The van der Waals surface area contributed by atoms with Crippen molar-refractivity contribution in [3.05, 3.63) is 0 Å². The molecule has 14 heavy (non-hydrogen) atoms. The van der Waals surface area contributed by atoms with Gasteiger partial charge < -0.3 is 15.5 Å². The lowest BCUT2D eigenvalue weighted by Crippen LogP contribution is -2.37. The van der Waals surface area contributed by atoms with Crippen molar-refractivity contribution >= 4 is 11.9 Å². The zero-order valence-electron chi connectivity index (χ0n) is 8.32. The van der Waals surface area contributed by atoms with Crippen molar-refractivity contribution in [1.82, 2.24) is 5.32 Å². The maximum Gasteiger partial charge on any atom is 0.320 e. The van der Waals surface area contributed by atoms with Gasteiger partial charge in [0.25, 0.3) is 0 Å². The monoisotopic (exact) mass is 203 g/mol. The Kier molecular flexibility index (Phi) is 6.74. The molecular formula is C9H17NO4. The van der Waals surface area contributed by atoms with Gasteiger partial charge in [0.2, 0.25) is 0 Å². The van der Waals surface area contributed by atoms with Crippen molar-refractivity contribution in [2.45, 2.75) is 38.6 Å². The molecule has 0 heterocycles. The first kappa shape index (κ1) is 12.9. The summed E-state index contributed by atoms with van der Waals surface area (Å²) in [5.41, 5.74) is 0. The summed E-state index contributed by atoms with van der Waals surface area (Å²) < 4.78 is 0. The van der Waals surface area contributed by atoms with Gasteiger partial charge in [0.1, 0.15) is 6.04 Å². The number of carboxylic acid groups (broad SMARTS) is 2. The van der Waals surface area contributed by atoms with E-state index in [2.05, 4.69) is 5.32 Å². The van der Waals surface area contributed by atoms with Crippen molar-refractivity contribution in [2.75, 3.05) is 6.54 Å². The molecule has 0 amide bonds. The van der Waals surface area contributed by atoms with E-state index in [1.807, 2.05) is 6.92 Å². The van der Waals surface area contributed by atoms with Crippen LogP contribution in [0.15, 0.2) is 0 Å². The molecule has 1 atom stereocenters. The minimum absolute atomic E-state index is 0.115. The highest BCUT2D eigenvalue weighted by molar-refractivity contribution is 5.75. The fourth-order valence-corrected chi connectivity index (χ4v) is 1.03. The Labute approximate surface area is 83.1 Å². The molecule has 0 aromatic rings. The van der Waals surface area contributed by atoms with Gasteiger partial charge in [-0.1, -0.05) is 13.3 Å². The molecule has 3 N–H and O–H groups in total. The molecule has 0 bridgehead atoms. The van der Waals surface area contributed by atoms with E-state index in [0.717, 1.165) is 12.8 Å². The van der Waals surface area contributed by atoms with Crippen LogP contribution >= 0.6 is 0 Å². The zero-order valence-corrected chi connectivity index (χ0v) is 8.32. The number of carbonyl (C=O) groups is 2. The molecule has 0 radical (unpaired) electrons. The molecule has 0 aromatic carbocycles. The maximum absolute atomic E-state index is 10.7. The zero-order chi connectivity index (χ0) is 11.0. The summed E-state index contributed by atoms with van der Waals surface area (Å²) in [6, 6.07) is -0.738. The first-order valence-electron chi connectivity index (χ1n) is 4.76. The topological polar surface area (TPSA) is 86.6 Å². The quantitative estimate of drug-likeness (QED) is 0.505. The van der Waals surface area contributed by atoms with E-state index in [1.54, 1.807) is 0 Å². The third-order valence-electron chi connectivity index (χ3n) is 1.87. The molecule has 5 nitrogen and oxygen atoms in total. The van der Waals surface area contributed by atoms with Crippen LogP contribution in [-0.4, -0.2) is 34.7 Å². The van der Waals surface area contributed by atoms with Crippen molar-refractivity contribution < 1.29 is 19.8 Å². The minimum Gasteiger partial charge on any atom is -0.481 e. The summed E-state index contributed by atoms with van der Waals surface area (Å²) in [5.74, 6) is -1.95. The maximum atomic E-state index is 10.7. The SMILES string of the molecule is CCCCN[C@@H](CCC(=O)O)C(=O)O. The summed E-state index contributed by atoms with van der Waals surface area (Å²) in [6.45, 7) is 2.63. The highest BCUT2D eigenvalue weighted by Gasteiger charge is 2.17. The summed E-state index contributed by atoms with van der Waals surface area (Å²) in [5, 5.41) is 19.9. The van der Waals surface area contributed by atoms with E-state index >= 15 is 0 Å². The van der Waals surface area contributed by atoms with E-state index in [4.69, 9.17) is 10.2 Å². The molecule has 82 valence electrons. The Hall–Kier alpha value is -1.10. The van der Waals surface area contributed by atoms with Crippen molar-refractivity contribution in [3.63, 3.8) is 0 Å². The Morgan fingerprint density at radius 1 is 1.36 bits per heavy atom. The Bertz CT molecular complexity index is 193. The van der Waals surface area contributed by atoms with Crippen molar-refractivity contribution in [2.24, 2.45) is 0 Å². The molecule has 0 aliphatic carbocycles. The predicted octanol–water partition coefficient (Wildman–Crippen LogP) is 0.694. The number of hydrogen-bond donors (Lipinski definition) is 3. The fraction of sp³-hybridized carbons (Fsp3) is 0.778. The smallest absolute Gasteiger partial charge is 0.320 e. The minimum atomic E-state index is -0.984. The van der Waals surface area contributed by atoms with Crippen molar-refractivity contribution in [3.8, 4) is 0 Å². The molecule has 0 aromatic heterocycles. The molecule has 0 spiro atoms. The third kappa shape index (κ3) is 6.42. The van der Waals surface area contributed by atoms with E-state index < -0.39 is 18.0 Å². The number of carboxylic acids is 2. The van der Waals surface area contributed by atoms with Crippen LogP contribution in [0.2, 0.25) is 0 Å². The summed E-state index contributed by atoms with van der Waals surface area (Å²) >= 11 is 0. The number of aliphatic carboxylic acids is 2. The largest absolute Gasteiger partial charge is 0.481 e. The standard InChI is InChI=1S/C9H17NO4/c1-2-3-6-10-7(9(13)14)4-5-8(11)12/h7,10H,2-6H2,1H3,(H,11,12)(H,13,14)/t7-/m0/s1. The molecule has 0 saturated carbocycles. The second kappa shape index (κ2) is 7.32. The summed E-state index contributed by atoms with van der Waals surface area (Å²) in [6.07, 6.45) is 1.90. The number of hydrogen-bond acceptors (Lipinski definition) is 3. The van der Waals surface area contributed by atoms with Gasteiger partial charge in [-0.05, 0) is 19.4 Å². The van der Waals surface area contributed by atoms with E-state index in [0.29, 0.717) is 6.54 Å². The lowest BCUT2D eigenvalue weighted by molar-refractivity contribution is -0.140. The molecule has 0 fully saturated rings. The van der Waals surface area contributed by atoms with Gasteiger partial charge in [0, 0.05) is 6.42 Å². The number of unbranched alkanes of at least 4 members (excludes halogenated alkanes) is 1. The van der Waals surface area contributed by atoms with Gasteiger partial charge >= 0.3 is 11.9 Å². The molecular weight excluding hydrogens is 186 g/mol. The Morgan fingerprint density at radius 3 is 2.43 bits per heavy atom. The highest BCUT2D eigenvalue weighted by atomic mass is 16.4. The van der Waals surface area contributed by atoms with Gasteiger partial charge in [0.15, 0.2) is 0 Å². The molecule has 5 heteroatoms. The lowest BCUT2D eigenvalue weighted by atomic mass is 10.1. The van der Waals surface area contributed by atoms with E-state index in [1.165, 1.54) is 0 Å². The highest BCUT2D eigenvalue weighted by Crippen LogP contribution is 1.98. The van der Waals surface area contributed by atoms with E-state index in [-0.39, 0.29) is 12.8 Å². The number of rotatable bonds is 8. The number of nitrogens with one attached hydrogen (secondary N) is 1. The van der Waals surface area contributed by atoms with Gasteiger partial charge in [-0.2, -0.15) is 0 Å². The molecule has 0 aliphatic heterocycles. The van der Waals surface area contributed by atoms with Crippen LogP contribution < -0.4 is 5.32 Å². The van der Waals surface area contributed by atoms with Crippen LogP contribution in [0.3, 0.4) is 0 Å². The lowest BCUT2D eigenvalue weighted by Gasteiger charge is -2.12. The molecule has 0 saturated heterocycles. The summed E-state index contributed by atoms with van der Waals surface area (Å²) in [4.78, 5) is 20.9. The van der Waals surface area contributed by atoms with Gasteiger partial charge in [0.05, 0.1) is 0 Å². The normalized spacial score (nSPS) is 12.4. The van der Waals surface area contributed by atoms with Crippen LogP contribution in [0.5, 0.6) is 0 Å². The Balaban J connectivity index is 3.78. The van der Waals surface area contributed by atoms with Crippen LogP contribution in [0, 0.1) is 0 Å². The Morgan fingerprint density at radius 2 is 2.00 bits per heavy atom. The van der Waals surface area contributed by atoms with Crippen molar-refractivity contribution in [1.29, 1.82) is 0 Å². The molecule has 0 aliphatic rings. The first-order chi connectivity index (χ1) is 6.57. The van der Waals surface area contributed by atoms with Crippen LogP contribution in [0.4, 0.5) is 0 Å². The molecule has 0 rings (SSSR count). The van der Waals surface area contributed by atoms with Crippen LogP contribution in [0.1, 0.15) is 32.6 Å². The summed E-state index contributed by atoms with van der Waals surface area (Å²) in [7, 11) is 0. The average Bonchev–Trinajstić information content (AvgIpc) is 2.10. The van der Waals surface area contributed by atoms with Crippen LogP contribution in [0.25, 0.3) is 0 Å². The van der Waals surface area contributed by atoms with Gasteiger partial charge in [-0.25, -0.2) is 0 Å². The van der Waals surface area contributed by atoms with E-state index in [9.17, 15) is 9.59 Å². The fourth-order valence-electron chi connectivity index (χ4n) is 1.03. The van der Waals surface area contributed by atoms with Gasteiger partial charge in [-0.15, -0.1) is 0 Å². The predicted molar refractivity (Wildman–Crippen MR) is 51.2 cm³/mol. The first-order valence-corrected chi connectivity index (χ1v) is 4.76.